The van der Waals surface area contributed by atoms with Crippen molar-refractivity contribution in [3.05, 3.63) is 102 Å². The highest BCUT2D eigenvalue weighted by Gasteiger charge is 2.28. The third-order valence-corrected chi connectivity index (χ3v) is 4.78. The van der Waals surface area contributed by atoms with E-state index in [2.05, 4.69) is 10.9 Å². The molecule has 1 heterocycles. The topological polar surface area (TPSA) is 76.7 Å². The summed E-state index contributed by atoms with van der Waals surface area (Å²) in [5.74, 6) is 0.564. The van der Waals surface area contributed by atoms with Crippen LogP contribution in [0, 0.1) is 0 Å². The first kappa shape index (κ1) is 20.2. The SMILES string of the molecule is O=C(/C=C/c1cccc(OCc2ccccc2)c1)NNC(=O)C1Cc2ccccc2O1. The van der Waals surface area contributed by atoms with Gasteiger partial charge in [-0.25, -0.2) is 0 Å². The molecule has 1 atom stereocenters. The van der Waals surface area contributed by atoms with Gasteiger partial charge in [0.1, 0.15) is 18.1 Å². The van der Waals surface area contributed by atoms with Crippen LogP contribution < -0.4 is 20.3 Å². The number of carbonyl (C=O) groups excluding carboxylic acids is 2. The number of amides is 2. The van der Waals surface area contributed by atoms with Gasteiger partial charge in [-0.3, -0.25) is 20.4 Å². The van der Waals surface area contributed by atoms with E-state index in [-0.39, 0.29) is 0 Å². The molecular weight excluding hydrogens is 392 g/mol. The summed E-state index contributed by atoms with van der Waals surface area (Å²) in [5.41, 5.74) is 7.65. The Kier molecular flexibility index (Phi) is 6.28. The Morgan fingerprint density at radius 3 is 2.61 bits per heavy atom. The van der Waals surface area contributed by atoms with Gasteiger partial charge in [0, 0.05) is 12.5 Å². The Balaban J connectivity index is 1.25. The van der Waals surface area contributed by atoms with E-state index in [4.69, 9.17) is 9.47 Å². The van der Waals surface area contributed by atoms with Crippen molar-refractivity contribution in [2.45, 2.75) is 19.1 Å². The van der Waals surface area contributed by atoms with E-state index in [1.165, 1.54) is 6.08 Å². The summed E-state index contributed by atoms with van der Waals surface area (Å²) < 4.78 is 11.4. The number of fused-ring (bicyclic) bond motifs is 1. The highest BCUT2D eigenvalue weighted by Crippen LogP contribution is 2.28. The Hall–Kier alpha value is -4.06. The normalized spacial score (nSPS) is 14.5. The third kappa shape index (κ3) is 5.51. The number of nitrogens with one attached hydrogen (secondary N) is 2. The van der Waals surface area contributed by atoms with Gasteiger partial charge in [0.25, 0.3) is 11.8 Å². The number of hydrogen-bond acceptors (Lipinski definition) is 4. The maximum absolute atomic E-state index is 12.2. The maximum Gasteiger partial charge on any atom is 0.279 e. The first-order valence-electron chi connectivity index (χ1n) is 9.96. The van der Waals surface area contributed by atoms with Crippen molar-refractivity contribution in [1.29, 1.82) is 0 Å². The fraction of sp³-hybridized carbons (Fsp3) is 0.120. The number of benzene rings is 3. The highest BCUT2D eigenvalue weighted by atomic mass is 16.5. The van der Waals surface area contributed by atoms with Crippen molar-refractivity contribution in [3.8, 4) is 11.5 Å². The van der Waals surface area contributed by atoms with Crippen LogP contribution in [0.25, 0.3) is 6.08 Å². The van der Waals surface area contributed by atoms with Gasteiger partial charge in [0.15, 0.2) is 6.10 Å². The average molecular weight is 414 g/mol. The van der Waals surface area contributed by atoms with Crippen LogP contribution >= 0.6 is 0 Å². The van der Waals surface area contributed by atoms with Crippen LogP contribution in [0.5, 0.6) is 11.5 Å². The number of para-hydroxylation sites is 1. The fourth-order valence-corrected chi connectivity index (χ4v) is 3.19. The van der Waals surface area contributed by atoms with E-state index in [1.807, 2.05) is 78.9 Å². The monoisotopic (exact) mass is 414 g/mol. The van der Waals surface area contributed by atoms with Crippen molar-refractivity contribution < 1.29 is 19.1 Å². The molecule has 31 heavy (non-hydrogen) atoms. The smallest absolute Gasteiger partial charge is 0.279 e. The van der Waals surface area contributed by atoms with Gasteiger partial charge >= 0.3 is 0 Å². The summed E-state index contributed by atoms with van der Waals surface area (Å²) in [6.07, 6.45) is 2.82. The molecule has 0 bridgehead atoms. The molecule has 1 aliphatic rings. The van der Waals surface area contributed by atoms with Gasteiger partial charge in [-0.1, -0.05) is 60.7 Å². The molecule has 0 fully saturated rings. The third-order valence-electron chi connectivity index (χ3n) is 4.78. The Morgan fingerprint density at radius 1 is 0.968 bits per heavy atom. The second-order valence-corrected chi connectivity index (χ2v) is 7.08. The van der Waals surface area contributed by atoms with E-state index >= 15 is 0 Å². The van der Waals surface area contributed by atoms with Crippen molar-refractivity contribution in [2.24, 2.45) is 0 Å². The Labute approximate surface area is 180 Å². The zero-order valence-electron chi connectivity index (χ0n) is 16.8. The van der Waals surface area contributed by atoms with Crippen LogP contribution in [-0.2, 0) is 22.6 Å². The average Bonchev–Trinajstić information content (AvgIpc) is 3.25. The zero-order valence-corrected chi connectivity index (χ0v) is 16.8. The molecule has 0 saturated carbocycles. The van der Waals surface area contributed by atoms with Crippen molar-refractivity contribution in [1.82, 2.24) is 10.9 Å². The molecule has 0 radical (unpaired) electrons. The predicted octanol–water partition coefficient (Wildman–Crippen LogP) is 3.43. The molecule has 3 aromatic carbocycles. The van der Waals surface area contributed by atoms with Crippen molar-refractivity contribution in [3.63, 3.8) is 0 Å². The van der Waals surface area contributed by atoms with Gasteiger partial charge in [-0.15, -0.1) is 0 Å². The number of hydrazine groups is 1. The molecule has 4 rings (SSSR count). The first-order valence-corrected chi connectivity index (χ1v) is 9.96. The number of hydrogen-bond donors (Lipinski definition) is 2. The molecule has 6 heteroatoms. The first-order chi connectivity index (χ1) is 15.2. The van der Waals surface area contributed by atoms with Gasteiger partial charge in [-0.05, 0) is 41.0 Å². The summed E-state index contributed by atoms with van der Waals surface area (Å²) in [7, 11) is 0. The lowest BCUT2D eigenvalue weighted by molar-refractivity contribution is -0.131. The summed E-state index contributed by atoms with van der Waals surface area (Å²) >= 11 is 0. The fourth-order valence-electron chi connectivity index (χ4n) is 3.19. The predicted molar refractivity (Wildman–Crippen MR) is 117 cm³/mol. The van der Waals surface area contributed by atoms with Crippen LogP contribution in [0.15, 0.2) is 84.9 Å². The molecule has 0 spiro atoms. The summed E-state index contributed by atoms with van der Waals surface area (Å²) in [5, 5.41) is 0. The standard InChI is InChI=1S/C25H22N2O4/c28-24(26-27-25(29)23-16-20-10-4-5-12-22(20)31-23)14-13-18-9-6-11-21(15-18)30-17-19-7-2-1-3-8-19/h1-15,23H,16-17H2,(H,26,28)(H,27,29)/b14-13+. The highest BCUT2D eigenvalue weighted by molar-refractivity contribution is 5.93. The van der Waals surface area contributed by atoms with E-state index in [0.29, 0.717) is 24.5 Å². The number of carbonyl (C=O) groups is 2. The largest absolute Gasteiger partial charge is 0.489 e. The van der Waals surface area contributed by atoms with Gasteiger partial charge in [-0.2, -0.15) is 0 Å². The van der Waals surface area contributed by atoms with Crippen LogP contribution in [-0.4, -0.2) is 17.9 Å². The lowest BCUT2D eigenvalue weighted by Crippen LogP contribution is -2.47. The lowest BCUT2D eigenvalue weighted by atomic mass is 10.1. The Bertz CT molecular complexity index is 1070. The van der Waals surface area contributed by atoms with E-state index in [9.17, 15) is 9.59 Å². The van der Waals surface area contributed by atoms with E-state index < -0.39 is 17.9 Å². The molecule has 0 saturated heterocycles. The second kappa shape index (κ2) is 9.63. The van der Waals surface area contributed by atoms with Crippen LogP contribution in [0.1, 0.15) is 16.7 Å². The van der Waals surface area contributed by atoms with Gasteiger partial charge in [0.2, 0.25) is 0 Å². The number of ether oxygens (including phenoxy) is 2. The molecule has 2 amide bonds. The van der Waals surface area contributed by atoms with Crippen molar-refractivity contribution >= 4 is 17.9 Å². The molecule has 0 aromatic heterocycles. The summed E-state index contributed by atoms with van der Waals surface area (Å²) in [6.45, 7) is 0.466. The molecule has 1 unspecified atom stereocenters. The molecule has 3 aromatic rings. The maximum atomic E-state index is 12.2. The van der Waals surface area contributed by atoms with E-state index in [0.717, 1.165) is 16.7 Å². The van der Waals surface area contributed by atoms with E-state index in [1.54, 1.807) is 6.08 Å². The van der Waals surface area contributed by atoms with Crippen LogP contribution in [0.3, 0.4) is 0 Å². The van der Waals surface area contributed by atoms with Gasteiger partial charge < -0.3 is 9.47 Å². The quantitative estimate of drug-likeness (QED) is 0.479. The minimum Gasteiger partial charge on any atom is -0.489 e. The van der Waals surface area contributed by atoms with Crippen LogP contribution in [0.4, 0.5) is 0 Å². The second-order valence-electron chi connectivity index (χ2n) is 7.08. The minimum atomic E-state index is -0.653. The molecule has 6 nitrogen and oxygen atoms in total. The molecule has 0 aliphatic carbocycles. The molecular formula is C25H22N2O4. The lowest BCUT2D eigenvalue weighted by Gasteiger charge is -2.11. The van der Waals surface area contributed by atoms with Crippen LogP contribution in [0.2, 0.25) is 0 Å². The summed E-state index contributed by atoms with van der Waals surface area (Å²) in [6, 6.07) is 24.8. The van der Waals surface area contributed by atoms with Gasteiger partial charge in [0.05, 0.1) is 0 Å². The summed E-state index contributed by atoms with van der Waals surface area (Å²) in [4.78, 5) is 24.3. The molecule has 1 aliphatic heterocycles. The molecule has 2 N–H and O–H groups in total. The zero-order chi connectivity index (χ0) is 21.5. The molecule has 156 valence electrons. The number of rotatable bonds is 6. The minimum absolute atomic E-state index is 0.394. The van der Waals surface area contributed by atoms with Crippen molar-refractivity contribution in [2.75, 3.05) is 0 Å². The Morgan fingerprint density at radius 2 is 1.77 bits per heavy atom.